The number of benzene rings is 2. The van der Waals surface area contributed by atoms with E-state index in [9.17, 15) is 36.6 Å². The van der Waals surface area contributed by atoms with Crippen LogP contribution in [0.5, 0.6) is 11.6 Å². The van der Waals surface area contributed by atoms with Crippen molar-refractivity contribution in [3.63, 3.8) is 0 Å². The molecule has 1 aliphatic heterocycles. The minimum atomic E-state index is -4.61. The van der Waals surface area contributed by atoms with E-state index in [0.29, 0.717) is 5.56 Å². The number of likely N-dealkylation sites (tertiary alicyclic amines) is 1. The zero-order valence-electron chi connectivity index (χ0n) is 24.2. The predicted molar refractivity (Wildman–Crippen MR) is 155 cm³/mol. The molecule has 3 atom stereocenters. The van der Waals surface area contributed by atoms with Crippen molar-refractivity contribution >= 4 is 11.6 Å². The van der Waals surface area contributed by atoms with E-state index >= 15 is 0 Å². The standard InChI is InChI=1S/C31H34F5N5O4/c32-30(33)11-10-22(23(16-30)19-4-2-1-3-5-19)27(42)40-14-12-29(44,13-15-40)17-41-18-39-26(24(37)28(41)43)45-21-8-6-20(7-9-21)25(38)31(34,35)36/h1-9,18,22-23,25,44H,10-17,37-38H2/t22-,23+,25-/m1/s1. The average Bonchev–Trinajstić information content (AvgIpc) is 3.00. The largest absolute Gasteiger partial charge is 0.437 e. The zero-order chi connectivity index (χ0) is 32.6. The summed E-state index contributed by atoms with van der Waals surface area (Å²) in [5.74, 6) is -4.47. The van der Waals surface area contributed by atoms with E-state index in [2.05, 4.69) is 4.98 Å². The number of anilines is 1. The Balaban J connectivity index is 1.22. The minimum absolute atomic E-state index is 0.0617. The van der Waals surface area contributed by atoms with Gasteiger partial charge in [-0.25, -0.2) is 13.8 Å². The van der Waals surface area contributed by atoms with Gasteiger partial charge >= 0.3 is 6.18 Å². The molecule has 5 N–H and O–H groups in total. The molecule has 9 nitrogen and oxygen atoms in total. The van der Waals surface area contributed by atoms with E-state index in [1.807, 2.05) is 0 Å². The first kappa shape index (κ1) is 32.4. The van der Waals surface area contributed by atoms with Crippen LogP contribution in [-0.4, -0.2) is 56.3 Å². The van der Waals surface area contributed by atoms with E-state index in [0.717, 1.165) is 23.0 Å². The molecule has 2 heterocycles. The topological polar surface area (TPSA) is 137 Å². The highest BCUT2D eigenvalue weighted by atomic mass is 19.4. The summed E-state index contributed by atoms with van der Waals surface area (Å²) in [6.07, 6.45) is -3.91. The fourth-order valence-electron chi connectivity index (χ4n) is 6.06. The van der Waals surface area contributed by atoms with Gasteiger partial charge in [-0.3, -0.25) is 14.2 Å². The minimum Gasteiger partial charge on any atom is -0.437 e. The third-order valence-corrected chi connectivity index (χ3v) is 8.68. The normalized spacial score (nSPS) is 22.1. The molecule has 45 heavy (non-hydrogen) atoms. The van der Waals surface area contributed by atoms with Gasteiger partial charge in [-0.15, -0.1) is 0 Å². The molecule has 0 spiro atoms. The molecule has 0 unspecified atom stereocenters. The van der Waals surface area contributed by atoms with Gasteiger partial charge in [0.2, 0.25) is 17.7 Å². The predicted octanol–water partition coefficient (Wildman–Crippen LogP) is 4.75. The van der Waals surface area contributed by atoms with Gasteiger partial charge in [-0.1, -0.05) is 42.5 Å². The fourth-order valence-corrected chi connectivity index (χ4v) is 6.06. The summed E-state index contributed by atoms with van der Waals surface area (Å²) in [6, 6.07) is 11.5. The van der Waals surface area contributed by atoms with Gasteiger partial charge in [-0.05, 0) is 42.5 Å². The Morgan fingerprint density at radius 2 is 1.71 bits per heavy atom. The van der Waals surface area contributed by atoms with Crippen molar-refractivity contribution in [2.75, 3.05) is 18.8 Å². The summed E-state index contributed by atoms with van der Waals surface area (Å²) < 4.78 is 73.9. The van der Waals surface area contributed by atoms with Crippen molar-refractivity contribution in [2.24, 2.45) is 11.7 Å². The number of alkyl halides is 5. The summed E-state index contributed by atoms with van der Waals surface area (Å²) in [7, 11) is 0. The summed E-state index contributed by atoms with van der Waals surface area (Å²) >= 11 is 0. The number of hydrogen-bond acceptors (Lipinski definition) is 7. The van der Waals surface area contributed by atoms with Crippen molar-refractivity contribution in [3.05, 3.63) is 82.4 Å². The van der Waals surface area contributed by atoms with Gasteiger partial charge in [-0.2, -0.15) is 13.2 Å². The molecular weight excluding hydrogens is 601 g/mol. The molecule has 1 aromatic heterocycles. The van der Waals surface area contributed by atoms with Crippen molar-refractivity contribution in [1.29, 1.82) is 0 Å². The molecule has 2 fully saturated rings. The van der Waals surface area contributed by atoms with Gasteiger partial charge in [0.15, 0.2) is 5.69 Å². The molecule has 1 aliphatic carbocycles. The van der Waals surface area contributed by atoms with Crippen LogP contribution in [0.15, 0.2) is 65.7 Å². The first-order valence-corrected chi connectivity index (χ1v) is 14.5. The van der Waals surface area contributed by atoms with Gasteiger partial charge in [0, 0.05) is 37.8 Å². The number of carbonyl (C=O) groups excluding carboxylic acids is 1. The maximum Gasteiger partial charge on any atom is 0.407 e. The Morgan fingerprint density at radius 1 is 1.07 bits per heavy atom. The van der Waals surface area contributed by atoms with Gasteiger partial charge in [0.05, 0.1) is 12.1 Å². The number of nitrogen functional groups attached to an aromatic ring is 1. The highest BCUT2D eigenvalue weighted by molar-refractivity contribution is 5.80. The van der Waals surface area contributed by atoms with Crippen molar-refractivity contribution in [3.8, 4) is 11.6 Å². The van der Waals surface area contributed by atoms with Crippen LogP contribution in [0.1, 0.15) is 55.2 Å². The highest BCUT2D eigenvalue weighted by Crippen LogP contribution is 2.46. The second-order valence-electron chi connectivity index (χ2n) is 11.9. The lowest BCUT2D eigenvalue weighted by molar-refractivity contribution is -0.149. The summed E-state index contributed by atoms with van der Waals surface area (Å²) in [6.45, 7) is 0.185. The molecule has 2 aromatic carbocycles. The monoisotopic (exact) mass is 635 g/mol. The number of nitrogens with zero attached hydrogens (tertiary/aromatic N) is 3. The van der Waals surface area contributed by atoms with Crippen LogP contribution in [0.25, 0.3) is 0 Å². The number of aliphatic hydroxyl groups is 1. The van der Waals surface area contributed by atoms with E-state index in [1.165, 1.54) is 12.1 Å². The lowest BCUT2D eigenvalue weighted by Gasteiger charge is -2.42. The lowest BCUT2D eigenvalue weighted by Crippen LogP contribution is -2.52. The second-order valence-corrected chi connectivity index (χ2v) is 11.9. The Kier molecular flexibility index (Phi) is 8.91. The lowest BCUT2D eigenvalue weighted by atomic mass is 9.73. The smallest absolute Gasteiger partial charge is 0.407 e. The third-order valence-electron chi connectivity index (χ3n) is 8.68. The van der Waals surface area contributed by atoms with Crippen LogP contribution >= 0.6 is 0 Å². The number of rotatable bonds is 7. The average molecular weight is 636 g/mol. The molecule has 242 valence electrons. The molecule has 1 saturated carbocycles. The summed E-state index contributed by atoms with van der Waals surface area (Å²) in [5.41, 5.74) is 9.25. The van der Waals surface area contributed by atoms with Crippen LogP contribution in [0.3, 0.4) is 0 Å². The van der Waals surface area contributed by atoms with Crippen LogP contribution in [0, 0.1) is 5.92 Å². The number of amides is 1. The molecular formula is C31H34F5N5O4. The maximum atomic E-state index is 14.4. The van der Waals surface area contributed by atoms with E-state index in [-0.39, 0.29) is 74.1 Å². The number of aromatic nitrogens is 2. The number of nitrogens with two attached hydrogens (primary N) is 2. The van der Waals surface area contributed by atoms with Crippen molar-refractivity contribution in [1.82, 2.24) is 14.5 Å². The van der Waals surface area contributed by atoms with Crippen LogP contribution < -0.4 is 21.8 Å². The zero-order valence-corrected chi connectivity index (χ0v) is 24.2. The number of hydrogen-bond donors (Lipinski definition) is 3. The third kappa shape index (κ3) is 7.28. The SMILES string of the molecule is Nc1c(Oc2ccc([C@@H](N)C(F)(F)F)cc2)ncn(CC2(O)CCN(C(=O)[C@@H]3CCC(F)(F)C[C@H]3c3ccccc3)CC2)c1=O. The fraction of sp³-hybridized carbons (Fsp3) is 0.452. The highest BCUT2D eigenvalue weighted by Gasteiger charge is 2.46. The van der Waals surface area contributed by atoms with Crippen LogP contribution in [0.2, 0.25) is 0 Å². The first-order chi connectivity index (χ1) is 21.2. The molecule has 1 amide bonds. The molecule has 2 aliphatic rings. The number of halogens is 5. The summed E-state index contributed by atoms with van der Waals surface area (Å²) in [4.78, 5) is 32.2. The Labute approximate surface area is 255 Å². The number of piperidine rings is 1. The van der Waals surface area contributed by atoms with E-state index in [1.54, 1.807) is 35.2 Å². The molecule has 14 heteroatoms. The quantitative estimate of drug-likeness (QED) is 0.319. The van der Waals surface area contributed by atoms with Crippen LogP contribution in [-0.2, 0) is 11.3 Å². The molecule has 0 radical (unpaired) electrons. The van der Waals surface area contributed by atoms with E-state index in [4.69, 9.17) is 16.2 Å². The van der Waals surface area contributed by atoms with E-state index < -0.39 is 47.6 Å². The summed E-state index contributed by atoms with van der Waals surface area (Å²) in [5, 5.41) is 11.3. The number of ether oxygens (including phenoxy) is 1. The van der Waals surface area contributed by atoms with Gasteiger partial charge in [0.1, 0.15) is 18.1 Å². The molecule has 3 aromatic rings. The van der Waals surface area contributed by atoms with Crippen molar-refractivity contribution in [2.45, 2.75) is 68.3 Å². The van der Waals surface area contributed by atoms with Gasteiger partial charge in [0.25, 0.3) is 5.56 Å². The van der Waals surface area contributed by atoms with Crippen LogP contribution in [0.4, 0.5) is 27.6 Å². The number of carbonyl (C=O) groups is 1. The Hall–Kier alpha value is -4.04. The maximum absolute atomic E-state index is 14.4. The van der Waals surface area contributed by atoms with Crippen molar-refractivity contribution < 1.29 is 36.6 Å². The Morgan fingerprint density at radius 3 is 2.33 bits per heavy atom. The second kappa shape index (κ2) is 12.4. The van der Waals surface area contributed by atoms with Gasteiger partial charge < -0.3 is 26.2 Å². The Bertz CT molecular complexity index is 1560. The molecule has 0 bridgehead atoms. The first-order valence-electron chi connectivity index (χ1n) is 14.5. The molecule has 5 rings (SSSR count). The molecule has 1 saturated heterocycles.